The molecule has 2 aliphatic heterocycles. The normalized spacial score (nSPS) is 17.5. The van der Waals surface area contributed by atoms with Gasteiger partial charge in [-0.25, -0.2) is 4.39 Å². The highest BCUT2D eigenvalue weighted by molar-refractivity contribution is 6.05. The molecule has 2 aromatic rings. The van der Waals surface area contributed by atoms with Crippen LogP contribution in [0.15, 0.2) is 40.4 Å². The number of rotatable bonds is 8. The Kier molecular flexibility index (Phi) is 7.06. The van der Waals surface area contributed by atoms with Gasteiger partial charge in [0.05, 0.1) is 19.8 Å². The van der Waals surface area contributed by atoms with Gasteiger partial charge in [0.25, 0.3) is 0 Å². The van der Waals surface area contributed by atoms with Crippen molar-refractivity contribution in [2.75, 3.05) is 56.6 Å². The zero-order chi connectivity index (χ0) is 24.2. The van der Waals surface area contributed by atoms with Crippen LogP contribution in [0.4, 0.5) is 16.0 Å². The third-order valence-electron chi connectivity index (χ3n) is 6.20. The lowest BCUT2D eigenvalue weighted by Gasteiger charge is -2.26. The van der Waals surface area contributed by atoms with Crippen molar-refractivity contribution in [1.29, 1.82) is 0 Å². The minimum Gasteiger partial charge on any atom is -0.421 e. The molecule has 2 N–H and O–H groups in total. The molecule has 0 radical (unpaired) electrons. The standard InChI is InChI=1S/C26H31FN6O2/c1-17-12-19-4-5-21(25(27)20(19)13-17)35-26-31-23(28-6-3-7-33-8-10-34-11-9-33)15-24(32-26)30-22-14-18(2)16-29-22/h4-5,13-15H,3,6-12,16H2,1-2H3,(H2,28,29,30,31,32). The van der Waals surface area contributed by atoms with Gasteiger partial charge in [0.15, 0.2) is 11.6 Å². The Morgan fingerprint density at radius 2 is 1.91 bits per heavy atom. The van der Waals surface area contributed by atoms with Crippen molar-refractivity contribution in [3.05, 3.63) is 52.4 Å². The summed E-state index contributed by atoms with van der Waals surface area (Å²) in [6.07, 6.45) is 5.57. The van der Waals surface area contributed by atoms with Crippen LogP contribution < -0.4 is 15.4 Å². The molecule has 3 heterocycles. The van der Waals surface area contributed by atoms with E-state index in [1.165, 1.54) is 5.57 Å². The van der Waals surface area contributed by atoms with E-state index in [0.29, 0.717) is 23.7 Å². The summed E-state index contributed by atoms with van der Waals surface area (Å²) in [4.78, 5) is 15.8. The molecule has 0 unspecified atom stereocenters. The van der Waals surface area contributed by atoms with Crippen LogP contribution in [-0.2, 0) is 11.2 Å². The van der Waals surface area contributed by atoms with Crippen molar-refractivity contribution in [1.82, 2.24) is 14.9 Å². The highest BCUT2D eigenvalue weighted by Crippen LogP contribution is 2.34. The maximum Gasteiger partial charge on any atom is 0.326 e. The lowest BCUT2D eigenvalue weighted by atomic mass is 10.1. The molecular weight excluding hydrogens is 447 g/mol. The largest absolute Gasteiger partial charge is 0.421 e. The third kappa shape index (κ3) is 5.86. The molecule has 9 heteroatoms. The SMILES string of the molecule is CC1=CC(Nc2cc(NCCCN3CCOCC3)nc(Oc3ccc4c(c3F)C=C(C)C4)n2)=NC1. The average molecular weight is 479 g/mol. The van der Waals surface area contributed by atoms with E-state index in [4.69, 9.17) is 9.47 Å². The van der Waals surface area contributed by atoms with E-state index in [1.807, 2.05) is 38.1 Å². The first-order chi connectivity index (χ1) is 17.0. The molecule has 3 aliphatic rings. The first-order valence-electron chi connectivity index (χ1n) is 12.1. The predicted molar refractivity (Wildman–Crippen MR) is 136 cm³/mol. The van der Waals surface area contributed by atoms with E-state index in [-0.39, 0.29) is 17.6 Å². The molecule has 1 aliphatic carbocycles. The summed E-state index contributed by atoms with van der Waals surface area (Å²) in [6.45, 7) is 9.94. The van der Waals surface area contributed by atoms with Gasteiger partial charge in [-0.3, -0.25) is 9.89 Å². The van der Waals surface area contributed by atoms with E-state index < -0.39 is 0 Å². The molecule has 184 valence electrons. The van der Waals surface area contributed by atoms with Crippen molar-refractivity contribution in [2.45, 2.75) is 26.7 Å². The van der Waals surface area contributed by atoms with Gasteiger partial charge < -0.3 is 20.1 Å². The number of allylic oxidation sites excluding steroid dienone is 1. The summed E-state index contributed by atoms with van der Waals surface area (Å²) >= 11 is 0. The van der Waals surface area contributed by atoms with Crippen molar-refractivity contribution in [3.8, 4) is 11.8 Å². The number of amidine groups is 1. The summed E-state index contributed by atoms with van der Waals surface area (Å²) in [7, 11) is 0. The van der Waals surface area contributed by atoms with Gasteiger partial charge >= 0.3 is 6.01 Å². The minimum absolute atomic E-state index is 0.0718. The summed E-state index contributed by atoms with van der Waals surface area (Å²) in [5.74, 6) is 1.60. The number of hydrogen-bond acceptors (Lipinski definition) is 8. The van der Waals surface area contributed by atoms with Crippen molar-refractivity contribution >= 4 is 23.5 Å². The minimum atomic E-state index is -0.389. The van der Waals surface area contributed by atoms with Gasteiger partial charge in [-0.2, -0.15) is 9.97 Å². The van der Waals surface area contributed by atoms with Crippen molar-refractivity contribution < 1.29 is 13.9 Å². The second-order valence-corrected chi connectivity index (χ2v) is 9.19. The van der Waals surface area contributed by atoms with Gasteiger partial charge in [-0.15, -0.1) is 0 Å². The molecule has 1 aromatic heterocycles. The molecule has 0 spiro atoms. The van der Waals surface area contributed by atoms with Crippen LogP contribution in [0.5, 0.6) is 11.8 Å². The zero-order valence-electron chi connectivity index (χ0n) is 20.2. The van der Waals surface area contributed by atoms with Crippen LogP contribution in [0.25, 0.3) is 6.08 Å². The van der Waals surface area contributed by atoms with E-state index in [9.17, 15) is 0 Å². The fourth-order valence-corrected chi connectivity index (χ4v) is 4.41. The van der Waals surface area contributed by atoms with Crippen molar-refractivity contribution in [3.63, 3.8) is 0 Å². The molecule has 1 saturated heterocycles. The fourth-order valence-electron chi connectivity index (χ4n) is 4.41. The molecule has 0 bridgehead atoms. The lowest BCUT2D eigenvalue weighted by molar-refractivity contribution is 0.0378. The zero-order valence-corrected chi connectivity index (χ0v) is 20.2. The van der Waals surface area contributed by atoms with Crippen molar-refractivity contribution in [2.24, 2.45) is 4.99 Å². The number of halogens is 1. The molecule has 0 amide bonds. The van der Waals surface area contributed by atoms with Gasteiger partial charge in [-0.05, 0) is 56.5 Å². The molecule has 0 saturated carbocycles. The summed E-state index contributed by atoms with van der Waals surface area (Å²) in [6, 6.07) is 5.43. The molecule has 0 atom stereocenters. The summed E-state index contributed by atoms with van der Waals surface area (Å²) in [5.41, 5.74) is 3.84. The number of aromatic nitrogens is 2. The Morgan fingerprint density at radius 3 is 2.71 bits per heavy atom. The number of ether oxygens (including phenoxy) is 2. The second-order valence-electron chi connectivity index (χ2n) is 9.19. The Morgan fingerprint density at radius 1 is 1.09 bits per heavy atom. The first kappa shape index (κ1) is 23.4. The molecule has 35 heavy (non-hydrogen) atoms. The third-order valence-corrected chi connectivity index (χ3v) is 6.20. The Hall–Kier alpha value is -3.30. The topological polar surface area (TPSA) is 83.9 Å². The van der Waals surface area contributed by atoms with Gasteiger partial charge in [0, 0.05) is 31.3 Å². The fraction of sp³-hybridized carbons (Fsp3) is 0.423. The van der Waals surface area contributed by atoms with Crippen LogP contribution in [0, 0.1) is 5.82 Å². The number of nitrogens with zero attached hydrogens (tertiary/aromatic N) is 4. The molecule has 1 aromatic carbocycles. The van der Waals surface area contributed by atoms with Gasteiger partial charge in [0.1, 0.15) is 17.5 Å². The predicted octanol–water partition coefficient (Wildman–Crippen LogP) is 4.27. The number of benzene rings is 1. The number of anilines is 2. The van der Waals surface area contributed by atoms with Gasteiger partial charge in [-0.1, -0.05) is 17.7 Å². The summed E-state index contributed by atoms with van der Waals surface area (Å²) in [5, 5.41) is 6.58. The number of nitrogens with one attached hydrogen (secondary N) is 2. The van der Waals surface area contributed by atoms with E-state index in [1.54, 1.807) is 6.07 Å². The van der Waals surface area contributed by atoms with Crippen LogP contribution in [0.3, 0.4) is 0 Å². The van der Waals surface area contributed by atoms with Gasteiger partial charge in [0.2, 0.25) is 0 Å². The first-order valence-corrected chi connectivity index (χ1v) is 12.1. The van der Waals surface area contributed by atoms with Crippen LogP contribution >= 0.6 is 0 Å². The number of fused-ring (bicyclic) bond motifs is 1. The molecule has 1 fully saturated rings. The van der Waals surface area contributed by atoms with Crippen LogP contribution in [0.1, 0.15) is 31.4 Å². The maximum atomic E-state index is 15.1. The quantitative estimate of drug-likeness (QED) is 0.548. The van der Waals surface area contributed by atoms with Crippen LogP contribution in [-0.4, -0.2) is 66.6 Å². The van der Waals surface area contributed by atoms with Crippen LogP contribution in [0.2, 0.25) is 0 Å². The molecule has 5 rings (SSSR count). The monoisotopic (exact) mass is 478 g/mol. The Bertz CT molecular complexity index is 1190. The molecule has 8 nitrogen and oxygen atoms in total. The summed E-state index contributed by atoms with van der Waals surface area (Å²) < 4.78 is 26.4. The average Bonchev–Trinajstić information content (AvgIpc) is 3.44. The van der Waals surface area contributed by atoms with E-state index >= 15 is 4.39 Å². The second kappa shape index (κ2) is 10.5. The number of aliphatic imine (C=N–C) groups is 1. The smallest absolute Gasteiger partial charge is 0.326 e. The number of hydrogen-bond donors (Lipinski definition) is 2. The highest BCUT2D eigenvalue weighted by atomic mass is 19.1. The highest BCUT2D eigenvalue weighted by Gasteiger charge is 2.19. The molecular formula is C26H31FN6O2. The number of morpholine rings is 1. The Balaban J connectivity index is 1.31. The maximum absolute atomic E-state index is 15.1. The lowest BCUT2D eigenvalue weighted by Crippen LogP contribution is -2.37. The van der Waals surface area contributed by atoms with E-state index in [0.717, 1.165) is 69.2 Å². The van der Waals surface area contributed by atoms with E-state index in [2.05, 4.69) is 30.5 Å². The Labute approximate surface area is 205 Å².